The molecule has 1 saturated heterocycles. The summed E-state index contributed by atoms with van der Waals surface area (Å²) in [5.41, 5.74) is 1.20. The van der Waals surface area contributed by atoms with E-state index in [9.17, 15) is 14.4 Å². The van der Waals surface area contributed by atoms with Crippen LogP contribution >= 0.6 is 11.6 Å². The summed E-state index contributed by atoms with van der Waals surface area (Å²) in [5, 5.41) is 3.14. The topological polar surface area (TPSA) is 79.0 Å². The Bertz CT molecular complexity index is 647. The predicted octanol–water partition coefficient (Wildman–Crippen LogP) is 1.49. The van der Waals surface area contributed by atoms with Crippen LogP contribution in [-0.2, 0) is 9.59 Å². The molecule has 0 aromatic heterocycles. The van der Waals surface area contributed by atoms with E-state index in [0.717, 1.165) is 10.5 Å². The smallest absolute Gasteiger partial charge is 0.327 e. The van der Waals surface area contributed by atoms with Gasteiger partial charge in [-0.3, -0.25) is 14.5 Å². The molecule has 4 amide bonds. The summed E-state index contributed by atoms with van der Waals surface area (Å²) in [6, 6.07) is 2.77. The van der Waals surface area contributed by atoms with Gasteiger partial charge in [-0.05, 0) is 18.6 Å². The molecular weight excluding hydrogens is 310 g/mol. The number of urea groups is 1. The first-order valence-corrected chi connectivity index (χ1v) is 6.90. The largest absolute Gasteiger partial charge is 0.495 e. The number of aryl methyl sites for hydroxylation is 1. The van der Waals surface area contributed by atoms with Crippen LogP contribution in [0.3, 0.4) is 0 Å². The second kappa shape index (κ2) is 6.23. The zero-order valence-electron chi connectivity index (χ0n) is 12.5. The number of nitrogens with zero attached hydrogens (tertiary/aromatic N) is 2. The van der Waals surface area contributed by atoms with Gasteiger partial charge in [0.15, 0.2) is 0 Å². The molecule has 1 heterocycles. The first-order chi connectivity index (χ1) is 10.3. The number of nitrogens with one attached hydrogen (secondary N) is 1. The Kier molecular flexibility index (Phi) is 4.56. The standard InChI is InChI=1S/C14H16ClN3O4/c1-8-4-10(11(22-3)5-9(8)15)16-12(19)6-18-13(20)7-17(2)14(18)21/h4-5H,6-7H2,1-3H3,(H,16,19). The monoisotopic (exact) mass is 325 g/mol. The molecule has 1 aliphatic rings. The number of hydrogen-bond acceptors (Lipinski definition) is 4. The fraction of sp³-hybridized carbons (Fsp3) is 0.357. The minimum absolute atomic E-state index is 0.0184. The minimum Gasteiger partial charge on any atom is -0.495 e. The van der Waals surface area contributed by atoms with E-state index in [2.05, 4.69) is 5.32 Å². The Balaban J connectivity index is 2.11. The van der Waals surface area contributed by atoms with Crippen molar-refractivity contribution in [2.75, 3.05) is 32.6 Å². The van der Waals surface area contributed by atoms with Gasteiger partial charge in [0.2, 0.25) is 5.91 Å². The van der Waals surface area contributed by atoms with Gasteiger partial charge in [0, 0.05) is 18.1 Å². The van der Waals surface area contributed by atoms with E-state index >= 15 is 0 Å². The maximum Gasteiger partial charge on any atom is 0.327 e. The summed E-state index contributed by atoms with van der Waals surface area (Å²) in [6.07, 6.45) is 0. The number of halogens is 1. The van der Waals surface area contributed by atoms with E-state index in [1.54, 1.807) is 19.1 Å². The molecule has 1 N–H and O–H groups in total. The first kappa shape index (κ1) is 16.1. The van der Waals surface area contributed by atoms with Crippen molar-refractivity contribution in [1.82, 2.24) is 9.80 Å². The SMILES string of the molecule is COc1cc(Cl)c(C)cc1NC(=O)CN1C(=O)CN(C)C1=O. The molecule has 0 spiro atoms. The fourth-order valence-corrected chi connectivity index (χ4v) is 2.24. The zero-order valence-corrected chi connectivity index (χ0v) is 13.2. The van der Waals surface area contributed by atoms with E-state index in [1.807, 2.05) is 0 Å². The van der Waals surface area contributed by atoms with Crippen LogP contribution in [0.1, 0.15) is 5.56 Å². The van der Waals surface area contributed by atoms with Crippen LogP contribution in [0.4, 0.5) is 10.5 Å². The number of carbonyl (C=O) groups is 3. The van der Waals surface area contributed by atoms with Gasteiger partial charge in [-0.25, -0.2) is 4.79 Å². The number of carbonyl (C=O) groups excluding carboxylic acids is 3. The number of imide groups is 1. The molecule has 1 fully saturated rings. The average Bonchev–Trinajstić information content (AvgIpc) is 2.69. The highest BCUT2D eigenvalue weighted by atomic mass is 35.5. The Hall–Kier alpha value is -2.28. The van der Waals surface area contributed by atoms with Gasteiger partial charge in [-0.1, -0.05) is 11.6 Å². The van der Waals surface area contributed by atoms with Crippen molar-refractivity contribution in [1.29, 1.82) is 0 Å². The van der Waals surface area contributed by atoms with Crippen molar-refractivity contribution in [3.05, 3.63) is 22.7 Å². The van der Waals surface area contributed by atoms with E-state index < -0.39 is 17.8 Å². The van der Waals surface area contributed by atoms with Gasteiger partial charge in [0.1, 0.15) is 18.8 Å². The van der Waals surface area contributed by atoms with Gasteiger partial charge in [0.05, 0.1) is 12.8 Å². The van der Waals surface area contributed by atoms with Crippen molar-refractivity contribution >= 4 is 35.1 Å². The summed E-state index contributed by atoms with van der Waals surface area (Å²) < 4.78 is 5.16. The maximum atomic E-state index is 12.1. The summed E-state index contributed by atoms with van der Waals surface area (Å²) in [7, 11) is 2.96. The lowest BCUT2D eigenvalue weighted by molar-refractivity contribution is -0.129. The fourth-order valence-electron chi connectivity index (χ4n) is 2.09. The van der Waals surface area contributed by atoms with Gasteiger partial charge in [0.25, 0.3) is 5.91 Å². The van der Waals surface area contributed by atoms with Crippen LogP contribution in [0.15, 0.2) is 12.1 Å². The van der Waals surface area contributed by atoms with Crippen molar-refractivity contribution in [2.45, 2.75) is 6.92 Å². The van der Waals surface area contributed by atoms with Crippen LogP contribution in [0.2, 0.25) is 5.02 Å². The van der Waals surface area contributed by atoms with Crippen molar-refractivity contribution in [3.63, 3.8) is 0 Å². The van der Waals surface area contributed by atoms with Gasteiger partial charge in [-0.2, -0.15) is 0 Å². The zero-order chi connectivity index (χ0) is 16.4. The summed E-state index contributed by atoms with van der Waals surface area (Å²) in [6.45, 7) is 1.43. The third-order valence-corrected chi connectivity index (χ3v) is 3.69. The van der Waals surface area contributed by atoms with Gasteiger partial charge in [-0.15, -0.1) is 0 Å². The number of rotatable bonds is 4. The van der Waals surface area contributed by atoms with Crippen LogP contribution in [-0.4, -0.2) is 54.9 Å². The molecule has 1 aromatic carbocycles. The Morgan fingerprint density at radius 3 is 2.64 bits per heavy atom. The van der Waals surface area contributed by atoms with Crippen LogP contribution in [0, 0.1) is 6.92 Å². The molecule has 2 rings (SSSR count). The molecule has 0 unspecified atom stereocenters. The Morgan fingerprint density at radius 2 is 2.09 bits per heavy atom. The number of ether oxygens (including phenoxy) is 1. The van der Waals surface area contributed by atoms with Crippen LogP contribution < -0.4 is 10.1 Å². The van der Waals surface area contributed by atoms with Gasteiger partial charge >= 0.3 is 6.03 Å². The van der Waals surface area contributed by atoms with Crippen molar-refractivity contribution < 1.29 is 19.1 Å². The molecule has 0 aliphatic carbocycles. The molecular formula is C14H16ClN3O4. The van der Waals surface area contributed by atoms with E-state index in [-0.39, 0.29) is 13.1 Å². The number of amides is 4. The highest BCUT2D eigenvalue weighted by Crippen LogP contribution is 2.30. The number of likely N-dealkylation sites (N-methyl/N-ethyl adjacent to an activating group) is 1. The number of benzene rings is 1. The number of hydrogen-bond donors (Lipinski definition) is 1. The molecule has 118 valence electrons. The summed E-state index contributed by atoms with van der Waals surface area (Å²) in [5.74, 6) is -0.487. The van der Waals surface area contributed by atoms with E-state index in [0.29, 0.717) is 16.5 Å². The molecule has 7 nitrogen and oxygen atoms in total. The van der Waals surface area contributed by atoms with Crippen LogP contribution in [0.5, 0.6) is 5.75 Å². The summed E-state index contributed by atoms with van der Waals surface area (Å²) >= 11 is 6.00. The molecule has 0 bridgehead atoms. The first-order valence-electron chi connectivity index (χ1n) is 6.53. The third-order valence-electron chi connectivity index (χ3n) is 3.29. The highest BCUT2D eigenvalue weighted by Gasteiger charge is 2.34. The highest BCUT2D eigenvalue weighted by molar-refractivity contribution is 6.31. The maximum absolute atomic E-state index is 12.1. The summed E-state index contributed by atoms with van der Waals surface area (Å²) in [4.78, 5) is 37.6. The lowest BCUT2D eigenvalue weighted by Crippen LogP contribution is -2.38. The molecule has 0 radical (unpaired) electrons. The Labute approximate surface area is 132 Å². The second-order valence-corrected chi connectivity index (χ2v) is 5.38. The predicted molar refractivity (Wildman–Crippen MR) is 81.1 cm³/mol. The molecule has 8 heteroatoms. The van der Waals surface area contributed by atoms with Crippen molar-refractivity contribution in [3.8, 4) is 5.75 Å². The molecule has 1 aliphatic heterocycles. The van der Waals surface area contributed by atoms with Gasteiger partial charge < -0.3 is 15.0 Å². The molecule has 0 atom stereocenters. The molecule has 1 aromatic rings. The molecule has 0 saturated carbocycles. The second-order valence-electron chi connectivity index (χ2n) is 4.97. The third kappa shape index (κ3) is 3.14. The quantitative estimate of drug-likeness (QED) is 0.851. The normalized spacial score (nSPS) is 14.5. The number of methoxy groups -OCH3 is 1. The van der Waals surface area contributed by atoms with Crippen LogP contribution in [0.25, 0.3) is 0 Å². The minimum atomic E-state index is -0.489. The molecule has 22 heavy (non-hydrogen) atoms. The lowest BCUT2D eigenvalue weighted by Gasteiger charge is -2.16. The van der Waals surface area contributed by atoms with E-state index in [4.69, 9.17) is 16.3 Å². The van der Waals surface area contributed by atoms with E-state index in [1.165, 1.54) is 19.1 Å². The lowest BCUT2D eigenvalue weighted by atomic mass is 10.2. The Morgan fingerprint density at radius 1 is 1.41 bits per heavy atom. The van der Waals surface area contributed by atoms with Crippen molar-refractivity contribution in [2.24, 2.45) is 0 Å². The average molecular weight is 326 g/mol. The number of anilines is 1.